The molecule has 4 N–H and O–H groups in total. The maximum absolute atomic E-state index is 12.1. The minimum Gasteiger partial charge on any atom is -0.508 e. The minimum atomic E-state index is -5.01. The Kier molecular flexibility index (Phi) is 8.01. The number of rotatable bonds is 7. The number of benzene rings is 5. The summed E-state index contributed by atoms with van der Waals surface area (Å²) in [6, 6.07) is 21.1. The first-order valence-corrected chi connectivity index (χ1v) is 15.7. The third-order valence-corrected chi connectivity index (χ3v) is 8.40. The lowest BCUT2D eigenvalue weighted by Crippen LogP contribution is -2.04. The standard InChI is InChI=1S/C30H24N4O8S2/c1-17-13-21(32-31-20-4-8-23(35)9-5-20)6-10-25(17)26-11-7-22(14-18(26)2)33-34-30-27(36)12-3-19-15-24(43(37,38)39)16-28(29(19)30)44(40,41)42/h3-16,35-36H,1-2H3,(H,37,38,39)(H,40,41,42). The molecular weight excluding hydrogens is 608 g/mol. The quantitative estimate of drug-likeness (QED) is 0.103. The Hall–Kier alpha value is -5.02. The molecule has 14 heteroatoms. The van der Waals surface area contributed by atoms with E-state index in [1.165, 1.54) is 18.2 Å². The lowest BCUT2D eigenvalue weighted by molar-refractivity contribution is 0.475. The van der Waals surface area contributed by atoms with E-state index in [0.717, 1.165) is 34.4 Å². The van der Waals surface area contributed by atoms with Gasteiger partial charge in [-0.25, -0.2) is 0 Å². The maximum Gasteiger partial charge on any atom is 0.295 e. The van der Waals surface area contributed by atoms with Crippen molar-refractivity contribution < 1.29 is 36.2 Å². The van der Waals surface area contributed by atoms with E-state index in [0.29, 0.717) is 23.1 Å². The summed E-state index contributed by atoms with van der Waals surface area (Å²) >= 11 is 0. The second kappa shape index (κ2) is 11.6. The highest BCUT2D eigenvalue weighted by Crippen LogP contribution is 2.41. The molecule has 0 aliphatic carbocycles. The fraction of sp³-hybridized carbons (Fsp3) is 0.0667. The number of phenolic OH excluding ortho intramolecular Hbond substituents is 2. The number of hydrogen-bond acceptors (Lipinski definition) is 10. The van der Waals surface area contributed by atoms with Gasteiger partial charge in [-0.2, -0.15) is 32.2 Å². The Morgan fingerprint density at radius 3 is 1.61 bits per heavy atom. The second-order valence-corrected chi connectivity index (χ2v) is 12.6. The Labute approximate surface area is 252 Å². The molecule has 0 fully saturated rings. The zero-order valence-corrected chi connectivity index (χ0v) is 24.7. The molecule has 0 unspecified atom stereocenters. The molecule has 0 aliphatic rings. The van der Waals surface area contributed by atoms with Gasteiger partial charge in [0.1, 0.15) is 22.1 Å². The third kappa shape index (κ3) is 6.48. The molecular formula is C30H24N4O8S2. The van der Waals surface area contributed by atoms with Crippen molar-refractivity contribution in [2.24, 2.45) is 20.5 Å². The van der Waals surface area contributed by atoms with Gasteiger partial charge in [0.05, 0.1) is 22.0 Å². The zero-order valence-electron chi connectivity index (χ0n) is 23.1. The summed E-state index contributed by atoms with van der Waals surface area (Å²) in [6.07, 6.45) is 0. The van der Waals surface area contributed by atoms with Crippen LogP contribution in [0.5, 0.6) is 11.5 Å². The first-order chi connectivity index (χ1) is 20.7. The van der Waals surface area contributed by atoms with Crippen molar-refractivity contribution >= 4 is 53.8 Å². The SMILES string of the molecule is Cc1cc(N=Nc2ccc(O)cc2)ccc1-c1ccc(N=Nc2c(O)ccc3cc(S(=O)(=O)O)cc(S(=O)(=O)O)c23)cc1C. The topological polar surface area (TPSA) is 199 Å². The van der Waals surface area contributed by atoms with E-state index in [4.69, 9.17) is 0 Å². The van der Waals surface area contributed by atoms with Crippen LogP contribution >= 0.6 is 0 Å². The van der Waals surface area contributed by atoms with Crippen LogP contribution in [-0.4, -0.2) is 36.2 Å². The summed E-state index contributed by atoms with van der Waals surface area (Å²) in [6.45, 7) is 3.81. The Morgan fingerprint density at radius 1 is 0.568 bits per heavy atom. The largest absolute Gasteiger partial charge is 0.508 e. The van der Waals surface area contributed by atoms with Crippen LogP contribution in [0.2, 0.25) is 0 Å². The number of azo groups is 2. The van der Waals surface area contributed by atoms with Gasteiger partial charge < -0.3 is 10.2 Å². The highest BCUT2D eigenvalue weighted by Gasteiger charge is 2.24. The van der Waals surface area contributed by atoms with Crippen LogP contribution in [0.3, 0.4) is 0 Å². The van der Waals surface area contributed by atoms with Crippen LogP contribution in [0.15, 0.2) is 115 Å². The summed E-state index contributed by atoms with van der Waals surface area (Å²) in [5, 5.41) is 36.2. The summed E-state index contributed by atoms with van der Waals surface area (Å²) in [5.74, 6) is -0.334. The van der Waals surface area contributed by atoms with E-state index >= 15 is 0 Å². The molecule has 0 amide bonds. The molecule has 0 radical (unpaired) electrons. The summed E-state index contributed by atoms with van der Waals surface area (Å²) in [7, 11) is -9.83. The summed E-state index contributed by atoms with van der Waals surface area (Å²) in [4.78, 5) is -1.64. The van der Waals surface area contributed by atoms with E-state index < -0.39 is 35.8 Å². The first-order valence-electron chi connectivity index (χ1n) is 12.8. The highest BCUT2D eigenvalue weighted by atomic mass is 32.2. The van der Waals surface area contributed by atoms with E-state index in [1.807, 2.05) is 38.1 Å². The third-order valence-electron chi connectivity index (χ3n) is 6.69. The molecule has 12 nitrogen and oxygen atoms in total. The monoisotopic (exact) mass is 632 g/mol. The Bertz CT molecular complexity index is 2220. The maximum atomic E-state index is 12.1. The fourth-order valence-electron chi connectivity index (χ4n) is 4.59. The van der Waals surface area contributed by atoms with E-state index in [9.17, 15) is 36.2 Å². The molecule has 5 rings (SSSR count). The number of aryl methyl sites for hydroxylation is 2. The number of hydrogen-bond donors (Lipinski definition) is 4. The summed E-state index contributed by atoms with van der Waals surface area (Å²) < 4.78 is 66.9. The molecule has 224 valence electrons. The average molecular weight is 633 g/mol. The molecule has 0 atom stereocenters. The lowest BCUT2D eigenvalue weighted by Gasteiger charge is -2.11. The van der Waals surface area contributed by atoms with Crippen molar-refractivity contribution in [3.8, 4) is 22.6 Å². The molecule has 0 saturated heterocycles. The average Bonchev–Trinajstić information content (AvgIpc) is 2.95. The van der Waals surface area contributed by atoms with Gasteiger partial charge in [-0.05, 0) is 108 Å². The van der Waals surface area contributed by atoms with Gasteiger partial charge in [-0.3, -0.25) is 9.11 Å². The van der Waals surface area contributed by atoms with Gasteiger partial charge in [-0.1, -0.05) is 18.2 Å². The van der Waals surface area contributed by atoms with E-state index in [2.05, 4.69) is 20.5 Å². The van der Waals surface area contributed by atoms with Gasteiger partial charge >= 0.3 is 0 Å². The van der Waals surface area contributed by atoms with Gasteiger partial charge in [-0.15, -0.1) is 5.11 Å². The van der Waals surface area contributed by atoms with Gasteiger partial charge in [0.25, 0.3) is 20.2 Å². The highest BCUT2D eigenvalue weighted by molar-refractivity contribution is 7.86. The van der Waals surface area contributed by atoms with Crippen molar-refractivity contribution in [1.82, 2.24) is 0 Å². The van der Waals surface area contributed by atoms with Gasteiger partial charge in [0.15, 0.2) is 0 Å². The molecule has 0 saturated carbocycles. The number of phenols is 2. The predicted octanol–water partition coefficient (Wildman–Crippen LogP) is 7.86. The molecule has 0 aliphatic heterocycles. The van der Waals surface area contributed by atoms with Crippen LogP contribution in [0.25, 0.3) is 21.9 Å². The number of fused-ring (bicyclic) bond motifs is 1. The Morgan fingerprint density at radius 2 is 1.09 bits per heavy atom. The van der Waals surface area contributed by atoms with Crippen molar-refractivity contribution in [3.05, 3.63) is 96.1 Å². The molecule has 0 aromatic heterocycles. The summed E-state index contributed by atoms with van der Waals surface area (Å²) in [5.41, 5.74) is 4.89. The van der Waals surface area contributed by atoms with Crippen LogP contribution in [-0.2, 0) is 20.2 Å². The normalized spacial score (nSPS) is 12.5. The Balaban J connectivity index is 1.48. The lowest BCUT2D eigenvalue weighted by atomic mass is 9.96. The van der Waals surface area contributed by atoms with E-state index in [1.54, 1.807) is 24.3 Å². The number of aromatic hydroxyl groups is 2. The predicted molar refractivity (Wildman–Crippen MR) is 163 cm³/mol. The fourth-order valence-corrected chi connectivity index (χ4v) is 5.96. The van der Waals surface area contributed by atoms with Crippen molar-refractivity contribution in [3.63, 3.8) is 0 Å². The number of nitrogens with zero attached hydrogens (tertiary/aromatic N) is 4. The van der Waals surface area contributed by atoms with Crippen LogP contribution in [0.4, 0.5) is 22.7 Å². The van der Waals surface area contributed by atoms with Crippen molar-refractivity contribution in [2.45, 2.75) is 23.6 Å². The molecule has 44 heavy (non-hydrogen) atoms. The van der Waals surface area contributed by atoms with Gasteiger partial charge in [0, 0.05) is 5.39 Å². The van der Waals surface area contributed by atoms with Gasteiger partial charge in [0.2, 0.25) is 0 Å². The molecule has 0 bridgehead atoms. The zero-order chi connectivity index (χ0) is 31.8. The minimum absolute atomic E-state index is 0.0347. The van der Waals surface area contributed by atoms with Crippen molar-refractivity contribution in [2.75, 3.05) is 0 Å². The molecule has 0 heterocycles. The van der Waals surface area contributed by atoms with E-state index in [-0.39, 0.29) is 22.2 Å². The van der Waals surface area contributed by atoms with Crippen LogP contribution < -0.4 is 0 Å². The second-order valence-electron chi connectivity index (χ2n) is 9.82. The smallest absolute Gasteiger partial charge is 0.295 e. The first kappa shape index (κ1) is 30.4. The van der Waals surface area contributed by atoms with Crippen LogP contribution in [0, 0.1) is 13.8 Å². The molecule has 5 aromatic carbocycles. The molecule has 0 spiro atoms. The van der Waals surface area contributed by atoms with Crippen LogP contribution in [0.1, 0.15) is 11.1 Å². The molecule has 5 aromatic rings. The van der Waals surface area contributed by atoms with Crippen molar-refractivity contribution in [1.29, 1.82) is 0 Å².